The SMILES string of the molecule is CN(C)C1CCC(C(=O)N(c2ccc(Cl)cc2)c2ccoc2)CC1. The van der Waals surface area contributed by atoms with Gasteiger partial charge in [0.2, 0.25) is 5.91 Å². The highest BCUT2D eigenvalue weighted by Crippen LogP contribution is 2.34. The zero-order chi connectivity index (χ0) is 17.1. The molecule has 1 amide bonds. The van der Waals surface area contributed by atoms with Crippen LogP contribution in [0.1, 0.15) is 25.7 Å². The molecule has 0 atom stereocenters. The number of anilines is 2. The van der Waals surface area contributed by atoms with Gasteiger partial charge in [0.15, 0.2) is 0 Å². The summed E-state index contributed by atoms with van der Waals surface area (Å²) in [7, 11) is 4.22. The highest BCUT2D eigenvalue weighted by Gasteiger charge is 2.31. The third-order valence-corrected chi connectivity index (χ3v) is 5.10. The van der Waals surface area contributed by atoms with Crippen molar-refractivity contribution < 1.29 is 9.21 Å². The maximum Gasteiger partial charge on any atom is 0.234 e. The van der Waals surface area contributed by atoms with E-state index in [1.165, 1.54) is 0 Å². The van der Waals surface area contributed by atoms with E-state index >= 15 is 0 Å². The fraction of sp³-hybridized carbons (Fsp3) is 0.421. The van der Waals surface area contributed by atoms with Crippen LogP contribution in [0.3, 0.4) is 0 Å². The number of amides is 1. The van der Waals surface area contributed by atoms with Gasteiger partial charge in [-0.25, -0.2) is 0 Å². The van der Waals surface area contributed by atoms with Crippen LogP contribution in [-0.2, 0) is 4.79 Å². The van der Waals surface area contributed by atoms with Gasteiger partial charge in [0, 0.05) is 28.7 Å². The van der Waals surface area contributed by atoms with E-state index in [2.05, 4.69) is 19.0 Å². The lowest BCUT2D eigenvalue weighted by molar-refractivity contribution is -0.122. The molecule has 1 aromatic heterocycles. The van der Waals surface area contributed by atoms with E-state index in [1.54, 1.807) is 29.6 Å². The number of rotatable bonds is 4. The lowest BCUT2D eigenvalue weighted by Crippen LogP contribution is -2.38. The summed E-state index contributed by atoms with van der Waals surface area (Å²) in [5.74, 6) is 0.183. The van der Waals surface area contributed by atoms with Crippen molar-refractivity contribution in [3.8, 4) is 0 Å². The van der Waals surface area contributed by atoms with Gasteiger partial charge in [-0.2, -0.15) is 0 Å². The summed E-state index contributed by atoms with van der Waals surface area (Å²) in [5.41, 5.74) is 1.58. The Kier molecular flexibility index (Phi) is 5.27. The normalized spacial score (nSPS) is 21.0. The van der Waals surface area contributed by atoms with Gasteiger partial charge < -0.3 is 9.32 Å². The molecule has 1 heterocycles. The molecule has 24 heavy (non-hydrogen) atoms. The molecule has 1 saturated carbocycles. The van der Waals surface area contributed by atoms with E-state index in [4.69, 9.17) is 16.0 Å². The highest BCUT2D eigenvalue weighted by atomic mass is 35.5. The molecule has 0 aliphatic heterocycles. The van der Waals surface area contributed by atoms with Gasteiger partial charge in [0.05, 0.1) is 12.0 Å². The molecule has 1 fully saturated rings. The first-order valence-electron chi connectivity index (χ1n) is 8.34. The van der Waals surface area contributed by atoms with E-state index in [1.807, 2.05) is 18.2 Å². The van der Waals surface area contributed by atoms with Crippen LogP contribution < -0.4 is 4.90 Å². The smallest absolute Gasteiger partial charge is 0.234 e. The van der Waals surface area contributed by atoms with Crippen molar-refractivity contribution >= 4 is 28.9 Å². The standard InChI is InChI=1S/C19H23ClN2O2/c1-21(2)16-7-3-14(4-8-16)19(23)22(18-11-12-24-13-18)17-9-5-15(20)6-10-17/h5-6,9-14,16H,3-4,7-8H2,1-2H3. The van der Waals surface area contributed by atoms with Crippen molar-refractivity contribution in [3.63, 3.8) is 0 Å². The topological polar surface area (TPSA) is 36.7 Å². The van der Waals surface area contributed by atoms with Crippen LogP contribution in [0.25, 0.3) is 0 Å². The maximum absolute atomic E-state index is 13.2. The zero-order valence-electron chi connectivity index (χ0n) is 14.1. The number of carbonyl (C=O) groups is 1. The minimum atomic E-state index is 0.0479. The molecule has 128 valence electrons. The van der Waals surface area contributed by atoms with Crippen molar-refractivity contribution in [1.29, 1.82) is 0 Å². The molecule has 0 radical (unpaired) electrons. The average Bonchev–Trinajstić information content (AvgIpc) is 3.11. The van der Waals surface area contributed by atoms with Crippen LogP contribution in [-0.4, -0.2) is 30.9 Å². The Labute approximate surface area is 148 Å². The number of furan rings is 1. The Balaban J connectivity index is 1.81. The Bertz CT molecular complexity index is 659. The predicted molar refractivity (Wildman–Crippen MR) is 96.7 cm³/mol. The minimum absolute atomic E-state index is 0.0479. The van der Waals surface area contributed by atoms with Crippen LogP contribution in [0.2, 0.25) is 5.02 Å². The molecular formula is C19H23ClN2O2. The molecule has 0 unspecified atom stereocenters. The second kappa shape index (κ2) is 7.41. The van der Waals surface area contributed by atoms with Crippen molar-refractivity contribution in [2.24, 2.45) is 5.92 Å². The predicted octanol–water partition coefficient (Wildman–Crippen LogP) is 4.72. The molecule has 1 aliphatic rings. The second-order valence-electron chi connectivity index (χ2n) is 6.60. The van der Waals surface area contributed by atoms with Crippen molar-refractivity contribution in [2.75, 3.05) is 19.0 Å². The molecule has 1 aromatic carbocycles. The molecule has 3 rings (SSSR count). The summed E-state index contributed by atoms with van der Waals surface area (Å²) in [6, 6.07) is 9.75. The van der Waals surface area contributed by atoms with Crippen LogP contribution in [0.15, 0.2) is 47.3 Å². The van der Waals surface area contributed by atoms with Gasteiger partial charge in [0.25, 0.3) is 0 Å². The van der Waals surface area contributed by atoms with E-state index < -0.39 is 0 Å². The largest absolute Gasteiger partial charge is 0.470 e. The van der Waals surface area contributed by atoms with Gasteiger partial charge in [-0.1, -0.05) is 11.6 Å². The molecule has 5 heteroatoms. The van der Waals surface area contributed by atoms with E-state index in [0.29, 0.717) is 11.1 Å². The summed E-state index contributed by atoms with van der Waals surface area (Å²) in [5, 5.41) is 0.657. The molecule has 1 aliphatic carbocycles. The van der Waals surface area contributed by atoms with Crippen LogP contribution >= 0.6 is 11.6 Å². The Morgan fingerprint density at radius 3 is 2.25 bits per heavy atom. The Hall–Kier alpha value is -1.78. The molecule has 0 spiro atoms. The molecule has 0 bridgehead atoms. The number of halogens is 1. The third kappa shape index (κ3) is 3.65. The summed E-state index contributed by atoms with van der Waals surface area (Å²) in [4.78, 5) is 17.2. The summed E-state index contributed by atoms with van der Waals surface area (Å²) >= 11 is 5.99. The van der Waals surface area contributed by atoms with E-state index in [0.717, 1.165) is 37.1 Å². The molecular weight excluding hydrogens is 324 g/mol. The second-order valence-corrected chi connectivity index (χ2v) is 7.04. The van der Waals surface area contributed by atoms with Gasteiger partial charge >= 0.3 is 0 Å². The van der Waals surface area contributed by atoms with Crippen LogP contribution in [0, 0.1) is 5.92 Å². The monoisotopic (exact) mass is 346 g/mol. The van der Waals surface area contributed by atoms with Crippen molar-refractivity contribution in [2.45, 2.75) is 31.7 Å². The van der Waals surface area contributed by atoms with Gasteiger partial charge in [0.1, 0.15) is 6.26 Å². The third-order valence-electron chi connectivity index (χ3n) is 4.85. The Morgan fingerprint density at radius 2 is 1.71 bits per heavy atom. The zero-order valence-corrected chi connectivity index (χ0v) is 14.9. The lowest BCUT2D eigenvalue weighted by atomic mass is 9.84. The summed E-state index contributed by atoms with van der Waals surface area (Å²) in [6.45, 7) is 0. The Morgan fingerprint density at radius 1 is 1.04 bits per heavy atom. The summed E-state index contributed by atoms with van der Waals surface area (Å²) < 4.78 is 5.20. The van der Waals surface area contributed by atoms with Crippen molar-refractivity contribution in [1.82, 2.24) is 4.90 Å². The highest BCUT2D eigenvalue weighted by molar-refractivity contribution is 6.30. The minimum Gasteiger partial charge on any atom is -0.470 e. The summed E-state index contributed by atoms with van der Waals surface area (Å²) in [6.07, 6.45) is 7.16. The maximum atomic E-state index is 13.2. The average molecular weight is 347 g/mol. The first kappa shape index (κ1) is 17.1. The van der Waals surface area contributed by atoms with E-state index in [9.17, 15) is 4.79 Å². The van der Waals surface area contributed by atoms with Gasteiger partial charge in [-0.3, -0.25) is 9.69 Å². The fourth-order valence-corrected chi connectivity index (χ4v) is 3.53. The van der Waals surface area contributed by atoms with Gasteiger partial charge in [-0.15, -0.1) is 0 Å². The lowest BCUT2D eigenvalue weighted by Gasteiger charge is -2.34. The number of carbonyl (C=O) groups excluding carboxylic acids is 1. The molecule has 4 nitrogen and oxygen atoms in total. The van der Waals surface area contributed by atoms with Gasteiger partial charge in [-0.05, 0) is 64.0 Å². The van der Waals surface area contributed by atoms with Crippen molar-refractivity contribution in [3.05, 3.63) is 47.9 Å². The first-order valence-corrected chi connectivity index (χ1v) is 8.72. The molecule has 0 saturated heterocycles. The first-order chi connectivity index (χ1) is 11.6. The fourth-order valence-electron chi connectivity index (χ4n) is 3.40. The number of hydrogen-bond acceptors (Lipinski definition) is 3. The quantitative estimate of drug-likeness (QED) is 0.803. The number of benzene rings is 1. The van der Waals surface area contributed by atoms with Crippen LogP contribution in [0.4, 0.5) is 11.4 Å². The van der Waals surface area contributed by atoms with E-state index in [-0.39, 0.29) is 11.8 Å². The number of hydrogen-bond donors (Lipinski definition) is 0. The molecule has 2 aromatic rings. The molecule has 0 N–H and O–H groups in total. The number of nitrogens with zero attached hydrogens (tertiary/aromatic N) is 2. The van der Waals surface area contributed by atoms with Crippen LogP contribution in [0.5, 0.6) is 0 Å².